The smallest absolute Gasteiger partial charge is 0.408 e. The van der Waals surface area contributed by atoms with E-state index >= 15 is 0 Å². The molecule has 2 rings (SSSR count). The van der Waals surface area contributed by atoms with Crippen molar-refractivity contribution >= 4 is 17.9 Å². The standard InChI is InChI=1S/C26H35N3O4/c1-18(2)22(24(31)27-17-20-14-10-7-11-15-20)29-23(30)21(16-19-12-8-6-9-13-19)28-25(32)33-26(3,4)5/h6-15,18,21-22H,16-17H2,1-5H3,(H,27,31)(H,28,32)(H,29,30)/t21-,22-/m0/s1. The molecule has 0 aliphatic rings. The van der Waals surface area contributed by atoms with Crippen LogP contribution in [0.1, 0.15) is 45.7 Å². The average molecular weight is 454 g/mol. The molecule has 0 aliphatic carbocycles. The quantitative estimate of drug-likeness (QED) is 0.541. The van der Waals surface area contributed by atoms with Crippen LogP contribution in [0.4, 0.5) is 4.79 Å². The molecule has 3 N–H and O–H groups in total. The Balaban J connectivity index is 2.10. The highest BCUT2D eigenvalue weighted by Gasteiger charge is 2.30. The summed E-state index contributed by atoms with van der Waals surface area (Å²) >= 11 is 0. The van der Waals surface area contributed by atoms with E-state index in [1.54, 1.807) is 20.8 Å². The molecule has 0 fully saturated rings. The van der Waals surface area contributed by atoms with Crippen LogP contribution in [0.3, 0.4) is 0 Å². The Bertz CT molecular complexity index is 908. The molecular weight excluding hydrogens is 418 g/mol. The summed E-state index contributed by atoms with van der Waals surface area (Å²) in [5.41, 5.74) is 1.15. The lowest BCUT2D eigenvalue weighted by Gasteiger charge is -2.26. The highest BCUT2D eigenvalue weighted by atomic mass is 16.6. The first kappa shape index (κ1) is 25.9. The molecule has 0 bridgehead atoms. The van der Waals surface area contributed by atoms with Crippen LogP contribution in [0, 0.1) is 5.92 Å². The number of rotatable bonds is 9. The molecule has 0 saturated carbocycles. The van der Waals surface area contributed by atoms with Crippen molar-refractivity contribution in [2.45, 2.75) is 65.3 Å². The van der Waals surface area contributed by atoms with Gasteiger partial charge >= 0.3 is 6.09 Å². The number of hydrogen-bond donors (Lipinski definition) is 3. The van der Waals surface area contributed by atoms with Crippen LogP contribution < -0.4 is 16.0 Å². The van der Waals surface area contributed by atoms with Gasteiger partial charge in [0.1, 0.15) is 17.7 Å². The third-order valence-corrected chi connectivity index (χ3v) is 4.85. The van der Waals surface area contributed by atoms with Crippen LogP contribution in [-0.2, 0) is 27.3 Å². The summed E-state index contributed by atoms with van der Waals surface area (Å²) < 4.78 is 5.33. The van der Waals surface area contributed by atoms with Crippen molar-refractivity contribution in [1.82, 2.24) is 16.0 Å². The first-order chi connectivity index (χ1) is 15.5. The van der Waals surface area contributed by atoms with Crippen LogP contribution in [0.15, 0.2) is 60.7 Å². The van der Waals surface area contributed by atoms with E-state index in [4.69, 9.17) is 4.74 Å². The van der Waals surface area contributed by atoms with Crippen molar-refractivity contribution in [2.75, 3.05) is 0 Å². The fourth-order valence-electron chi connectivity index (χ4n) is 3.19. The molecule has 3 amide bonds. The predicted molar refractivity (Wildman–Crippen MR) is 128 cm³/mol. The Morgan fingerprint density at radius 2 is 1.36 bits per heavy atom. The Labute approximate surface area is 196 Å². The number of amides is 3. The molecule has 178 valence electrons. The topological polar surface area (TPSA) is 96.5 Å². The van der Waals surface area contributed by atoms with Gasteiger partial charge in [-0.05, 0) is 37.8 Å². The number of ether oxygens (including phenoxy) is 1. The van der Waals surface area contributed by atoms with Gasteiger partial charge in [-0.3, -0.25) is 9.59 Å². The van der Waals surface area contributed by atoms with Gasteiger partial charge in [-0.2, -0.15) is 0 Å². The maximum absolute atomic E-state index is 13.2. The van der Waals surface area contributed by atoms with Crippen LogP contribution in [0.25, 0.3) is 0 Å². The average Bonchev–Trinajstić information content (AvgIpc) is 2.75. The van der Waals surface area contributed by atoms with Crippen LogP contribution in [0.2, 0.25) is 0 Å². The molecule has 0 saturated heterocycles. The third-order valence-electron chi connectivity index (χ3n) is 4.85. The number of nitrogens with one attached hydrogen (secondary N) is 3. The molecule has 0 spiro atoms. The van der Waals surface area contributed by atoms with Gasteiger partial charge in [0, 0.05) is 13.0 Å². The van der Waals surface area contributed by atoms with Crippen LogP contribution in [0.5, 0.6) is 0 Å². The summed E-state index contributed by atoms with van der Waals surface area (Å²) in [4.78, 5) is 38.4. The number of carbonyl (C=O) groups excluding carboxylic acids is 3. The van der Waals surface area contributed by atoms with Crippen molar-refractivity contribution in [3.05, 3.63) is 71.8 Å². The molecule has 0 unspecified atom stereocenters. The predicted octanol–water partition coefficient (Wildman–Crippen LogP) is 3.58. The Kier molecular flexibility index (Phi) is 9.45. The van der Waals surface area contributed by atoms with Gasteiger partial charge < -0.3 is 20.7 Å². The highest BCUT2D eigenvalue weighted by Crippen LogP contribution is 2.10. The summed E-state index contributed by atoms with van der Waals surface area (Å²) in [7, 11) is 0. The van der Waals surface area contributed by atoms with Crippen molar-refractivity contribution in [1.29, 1.82) is 0 Å². The summed E-state index contributed by atoms with van der Waals surface area (Å²) in [6.07, 6.45) is -0.421. The zero-order valence-electron chi connectivity index (χ0n) is 20.1. The van der Waals surface area contributed by atoms with Crippen molar-refractivity contribution < 1.29 is 19.1 Å². The molecular formula is C26H35N3O4. The summed E-state index contributed by atoms with van der Waals surface area (Å²) in [5.74, 6) is -0.875. The van der Waals surface area contributed by atoms with Gasteiger partial charge in [-0.15, -0.1) is 0 Å². The van der Waals surface area contributed by atoms with E-state index in [9.17, 15) is 14.4 Å². The first-order valence-corrected chi connectivity index (χ1v) is 11.2. The van der Waals surface area contributed by atoms with Crippen LogP contribution >= 0.6 is 0 Å². The van der Waals surface area contributed by atoms with E-state index in [1.807, 2.05) is 74.5 Å². The van der Waals surface area contributed by atoms with Gasteiger partial charge in [0.05, 0.1) is 0 Å². The van der Waals surface area contributed by atoms with E-state index in [-0.39, 0.29) is 18.2 Å². The Morgan fingerprint density at radius 1 is 0.818 bits per heavy atom. The van der Waals surface area contributed by atoms with Crippen LogP contribution in [-0.4, -0.2) is 35.6 Å². The highest BCUT2D eigenvalue weighted by molar-refractivity contribution is 5.91. The van der Waals surface area contributed by atoms with Gasteiger partial charge in [0.15, 0.2) is 0 Å². The number of carbonyl (C=O) groups is 3. The molecule has 2 atom stereocenters. The lowest BCUT2D eigenvalue weighted by atomic mass is 10.0. The number of benzene rings is 2. The van der Waals surface area contributed by atoms with Gasteiger partial charge in [0.2, 0.25) is 11.8 Å². The van der Waals surface area contributed by atoms with E-state index in [2.05, 4.69) is 16.0 Å². The molecule has 7 nitrogen and oxygen atoms in total. The minimum atomic E-state index is -0.898. The summed E-state index contributed by atoms with van der Waals surface area (Å²) in [6, 6.07) is 17.3. The van der Waals surface area contributed by atoms with E-state index in [0.717, 1.165) is 11.1 Å². The fourth-order valence-corrected chi connectivity index (χ4v) is 3.19. The minimum Gasteiger partial charge on any atom is -0.444 e. The lowest BCUT2D eigenvalue weighted by Crippen LogP contribution is -2.56. The molecule has 0 aliphatic heterocycles. The zero-order chi connectivity index (χ0) is 24.4. The lowest BCUT2D eigenvalue weighted by molar-refractivity contribution is -0.131. The van der Waals surface area contributed by atoms with Gasteiger partial charge in [0.25, 0.3) is 0 Å². The van der Waals surface area contributed by atoms with Gasteiger partial charge in [-0.1, -0.05) is 74.5 Å². The summed E-state index contributed by atoms with van der Waals surface area (Å²) in [5, 5.41) is 8.36. The molecule has 0 radical (unpaired) electrons. The molecule has 33 heavy (non-hydrogen) atoms. The maximum Gasteiger partial charge on any atom is 0.408 e. The first-order valence-electron chi connectivity index (χ1n) is 11.2. The molecule has 2 aromatic carbocycles. The maximum atomic E-state index is 13.2. The second kappa shape index (κ2) is 12.0. The van der Waals surface area contributed by atoms with E-state index in [1.165, 1.54) is 0 Å². The Hall–Kier alpha value is -3.35. The number of hydrogen-bond acceptors (Lipinski definition) is 4. The summed E-state index contributed by atoms with van der Waals surface area (Å²) in [6.45, 7) is 9.35. The largest absolute Gasteiger partial charge is 0.444 e. The van der Waals surface area contributed by atoms with Crippen molar-refractivity contribution in [3.63, 3.8) is 0 Å². The molecule has 0 aromatic heterocycles. The molecule has 0 heterocycles. The van der Waals surface area contributed by atoms with Gasteiger partial charge in [-0.25, -0.2) is 4.79 Å². The zero-order valence-corrected chi connectivity index (χ0v) is 20.1. The molecule has 7 heteroatoms. The van der Waals surface area contributed by atoms with Crippen molar-refractivity contribution in [2.24, 2.45) is 5.92 Å². The van der Waals surface area contributed by atoms with E-state index in [0.29, 0.717) is 6.54 Å². The fraction of sp³-hybridized carbons (Fsp3) is 0.423. The Morgan fingerprint density at radius 3 is 1.88 bits per heavy atom. The molecule has 2 aromatic rings. The SMILES string of the molecule is CC(C)[C@H](NC(=O)[C@H](Cc1ccccc1)NC(=O)OC(C)(C)C)C(=O)NCc1ccccc1. The second-order valence-corrected chi connectivity index (χ2v) is 9.32. The number of alkyl carbamates (subject to hydrolysis) is 1. The van der Waals surface area contributed by atoms with Crippen molar-refractivity contribution in [3.8, 4) is 0 Å². The monoisotopic (exact) mass is 453 g/mol. The minimum absolute atomic E-state index is 0.149. The van der Waals surface area contributed by atoms with E-state index < -0.39 is 29.7 Å². The normalized spacial score (nSPS) is 13.0. The second-order valence-electron chi connectivity index (χ2n) is 9.32. The third kappa shape index (κ3) is 9.35.